The maximum absolute atomic E-state index is 6.48. The topological polar surface area (TPSA) is 51.8 Å². The molecule has 0 amide bonds. The third-order valence-electron chi connectivity index (χ3n) is 9.93. The smallest absolute Gasteiger partial charge is 0.164 e. The lowest BCUT2D eigenvalue weighted by molar-refractivity contribution is 0.669. The first-order chi connectivity index (χ1) is 26.2. The summed E-state index contributed by atoms with van der Waals surface area (Å²) in [5.74, 6) is 1.87. The highest BCUT2D eigenvalue weighted by molar-refractivity contribution is 6.16. The van der Waals surface area contributed by atoms with Crippen molar-refractivity contribution in [1.29, 1.82) is 0 Å². The Morgan fingerprint density at radius 2 is 0.811 bits per heavy atom. The number of hydrogen-bond acceptors (Lipinski definition) is 4. The number of fused-ring (bicyclic) bond motifs is 4. The molecule has 10 aromatic rings. The molecule has 2 aromatic heterocycles. The number of benzene rings is 8. The molecule has 0 N–H and O–H groups in total. The Hall–Kier alpha value is -7.17. The van der Waals surface area contributed by atoms with Gasteiger partial charge in [-0.25, -0.2) is 15.0 Å². The van der Waals surface area contributed by atoms with E-state index in [0.29, 0.717) is 17.5 Å². The Morgan fingerprint density at radius 3 is 1.49 bits per heavy atom. The lowest BCUT2D eigenvalue weighted by atomic mass is 9.90. The van der Waals surface area contributed by atoms with E-state index < -0.39 is 0 Å². The van der Waals surface area contributed by atoms with Gasteiger partial charge in [-0.2, -0.15) is 0 Å². The van der Waals surface area contributed by atoms with Gasteiger partial charge in [0.25, 0.3) is 0 Å². The van der Waals surface area contributed by atoms with E-state index in [1.165, 1.54) is 10.9 Å². The molecule has 4 heteroatoms. The van der Waals surface area contributed by atoms with Gasteiger partial charge < -0.3 is 4.42 Å². The Morgan fingerprint density at radius 1 is 0.302 bits per heavy atom. The fourth-order valence-electron chi connectivity index (χ4n) is 7.30. The second kappa shape index (κ2) is 12.9. The SMILES string of the molecule is c1ccc(-c2ccc(-c3nc(-c4ccccc4)nc(-c4ccc(-c5cccc6oc7cc8ccccc8cc7c56)c(-c5ccccc5)c4)n3)cc2)cc1. The third kappa shape index (κ3) is 5.63. The van der Waals surface area contributed by atoms with Crippen molar-refractivity contribution in [2.75, 3.05) is 0 Å². The Balaban J connectivity index is 1.15. The van der Waals surface area contributed by atoms with Crippen molar-refractivity contribution in [2.45, 2.75) is 0 Å². The summed E-state index contributed by atoms with van der Waals surface area (Å²) in [5, 5.41) is 4.55. The average molecular weight is 678 g/mol. The zero-order chi connectivity index (χ0) is 35.1. The normalized spacial score (nSPS) is 11.4. The van der Waals surface area contributed by atoms with Crippen LogP contribution in [0.15, 0.2) is 192 Å². The summed E-state index contributed by atoms with van der Waals surface area (Å²) < 4.78 is 6.48. The van der Waals surface area contributed by atoms with Gasteiger partial charge in [0, 0.05) is 27.5 Å². The van der Waals surface area contributed by atoms with E-state index in [0.717, 1.165) is 71.8 Å². The molecule has 0 atom stereocenters. The van der Waals surface area contributed by atoms with E-state index in [9.17, 15) is 0 Å². The lowest BCUT2D eigenvalue weighted by Gasteiger charge is -2.14. The maximum Gasteiger partial charge on any atom is 0.164 e. The molecule has 0 saturated carbocycles. The van der Waals surface area contributed by atoms with Crippen molar-refractivity contribution in [2.24, 2.45) is 0 Å². The van der Waals surface area contributed by atoms with E-state index in [4.69, 9.17) is 19.4 Å². The molecule has 0 spiro atoms. The summed E-state index contributed by atoms with van der Waals surface area (Å²) in [5.41, 5.74) is 11.2. The number of aromatic nitrogens is 3. The number of hydrogen-bond donors (Lipinski definition) is 0. The molecule has 0 aliphatic heterocycles. The Labute approximate surface area is 306 Å². The summed E-state index contributed by atoms with van der Waals surface area (Å²) in [6.07, 6.45) is 0. The molecule has 53 heavy (non-hydrogen) atoms. The minimum atomic E-state index is 0.614. The molecule has 2 heterocycles. The summed E-state index contributed by atoms with van der Waals surface area (Å²) in [6, 6.07) is 65.2. The molecular weight excluding hydrogens is 647 g/mol. The zero-order valence-electron chi connectivity index (χ0n) is 28.6. The van der Waals surface area contributed by atoms with Gasteiger partial charge in [-0.3, -0.25) is 0 Å². The van der Waals surface area contributed by atoms with Crippen LogP contribution < -0.4 is 0 Å². The van der Waals surface area contributed by atoms with Gasteiger partial charge in [0.1, 0.15) is 11.2 Å². The first-order valence-corrected chi connectivity index (χ1v) is 17.8. The number of rotatable bonds is 6. The predicted octanol–water partition coefficient (Wildman–Crippen LogP) is 12.9. The number of furan rings is 1. The monoisotopic (exact) mass is 677 g/mol. The number of nitrogens with zero attached hydrogens (tertiary/aromatic N) is 3. The van der Waals surface area contributed by atoms with Crippen LogP contribution in [0.5, 0.6) is 0 Å². The van der Waals surface area contributed by atoms with Gasteiger partial charge >= 0.3 is 0 Å². The molecule has 248 valence electrons. The van der Waals surface area contributed by atoms with Gasteiger partial charge in [-0.05, 0) is 68.4 Å². The van der Waals surface area contributed by atoms with Gasteiger partial charge in [0.2, 0.25) is 0 Å². The van der Waals surface area contributed by atoms with Crippen LogP contribution >= 0.6 is 0 Å². The summed E-state index contributed by atoms with van der Waals surface area (Å²) in [4.78, 5) is 15.2. The standard InChI is InChI=1S/C49H31N3O/c1-4-13-32(14-5-1)33-23-25-36(26-24-33)48-50-47(35-17-8-3-9-18-35)51-49(52-48)39-27-28-40(42(30-39)34-15-6-2-7-16-34)41-21-12-22-44-46(41)43-29-37-19-10-11-20-38(37)31-45(43)53-44/h1-31H. The van der Waals surface area contributed by atoms with Crippen molar-refractivity contribution < 1.29 is 4.42 Å². The molecule has 0 bridgehead atoms. The van der Waals surface area contributed by atoms with Crippen molar-refractivity contribution in [1.82, 2.24) is 15.0 Å². The average Bonchev–Trinajstić information content (AvgIpc) is 3.61. The molecule has 4 nitrogen and oxygen atoms in total. The van der Waals surface area contributed by atoms with Crippen LogP contribution in [0.2, 0.25) is 0 Å². The summed E-state index contributed by atoms with van der Waals surface area (Å²) in [7, 11) is 0. The highest BCUT2D eigenvalue weighted by atomic mass is 16.3. The summed E-state index contributed by atoms with van der Waals surface area (Å²) >= 11 is 0. The molecule has 0 unspecified atom stereocenters. The lowest BCUT2D eigenvalue weighted by Crippen LogP contribution is -2.00. The van der Waals surface area contributed by atoms with Crippen molar-refractivity contribution in [3.8, 4) is 67.5 Å². The Bertz CT molecular complexity index is 2920. The molecule has 0 radical (unpaired) electrons. The summed E-state index contributed by atoms with van der Waals surface area (Å²) in [6.45, 7) is 0. The van der Waals surface area contributed by atoms with E-state index >= 15 is 0 Å². The van der Waals surface area contributed by atoms with Gasteiger partial charge in [0.15, 0.2) is 17.5 Å². The van der Waals surface area contributed by atoms with Crippen LogP contribution in [0.25, 0.3) is 100 Å². The van der Waals surface area contributed by atoms with Crippen LogP contribution in [-0.4, -0.2) is 15.0 Å². The maximum atomic E-state index is 6.48. The van der Waals surface area contributed by atoms with E-state index in [1.807, 2.05) is 36.4 Å². The molecule has 0 aliphatic carbocycles. The largest absolute Gasteiger partial charge is 0.456 e. The fraction of sp³-hybridized carbons (Fsp3) is 0. The molecule has 10 rings (SSSR count). The van der Waals surface area contributed by atoms with Crippen LogP contribution in [-0.2, 0) is 0 Å². The van der Waals surface area contributed by atoms with E-state index in [-0.39, 0.29) is 0 Å². The highest BCUT2D eigenvalue weighted by Crippen LogP contribution is 2.43. The highest BCUT2D eigenvalue weighted by Gasteiger charge is 2.19. The van der Waals surface area contributed by atoms with E-state index in [2.05, 4.69) is 152 Å². The van der Waals surface area contributed by atoms with Crippen molar-refractivity contribution in [3.05, 3.63) is 188 Å². The minimum Gasteiger partial charge on any atom is -0.456 e. The Kier molecular flexibility index (Phi) is 7.43. The van der Waals surface area contributed by atoms with Crippen molar-refractivity contribution >= 4 is 32.7 Å². The quantitative estimate of drug-likeness (QED) is 0.176. The molecule has 0 saturated heterocycles. The second-order valence-corrected chi connectivity index (χ2v) is 13.2. The molecular formula is C49H31N3O. The van der Waals surface area contributed by atoms with Crippen LogP contribution in [0, 0.1) is 0 Å². The predicted molar refractivity (Wildman–Crippen MR) is 217 cm³/mol. The first kappa shape index (κ1) is 30.6. The minimum absolute atomic E-state index is 0.614. The van der Waals surface area contributed by atoms with Gasteiger partial charge in [0.05, 0.1) is 0 Å². The second-order valence-electron chi connectivity index (χ2n) is 13.2. The fourth-order valence-corrected chi connectivity index (χ4v) is 7.30. The van der Waals surface area contributed by atoms with Crippen LogP contribution in [0.4, 0.5) is 0 Å². The first-order valence-electron chi connectivity index (χ1n) is 17.8. The molecule has 0 aliphatic rings. The molecule has 0 fully saturated rings. The van der Waals surface area contributed by atoms with Gasteiger partial charge in [-0.1, -0.05) is 164 Å². The van der Waals surface area contributed by atoms with E-state index in [1.54, 1.807) is 0 Å². The van der Waals surface area contributed by atoms with Crippen LogP contribution in [0.3, 0.4) is 0 Å². The molecule has 8 aromatic carbocycles. The third-order valence-corrected chi connectivity index (χ3v) is 9.93. The van der Waals surface area contributed by atoms with Crippen LogP contribution in [0.1, 0.15) is 0 Å². The van der Waals surface area contributed by atoms with Crippen molar-refractivity contribution in [3.63, 3.8) is 0 Å². The van der Waals surface area contributed by atoms with Gasteiger partial charge in [-0.15, -0.1) is 0 Å². The zero-order valence-corrected chi connectivity index (χ0v) is 28.6.